The van der Waals surface area contributed by atoms with Gasteiger partial charge in [0.2, 0.25) is 0 Å². The van der Waals surface area contributed by atoms with E-state index in [9.17, 15) is 9.59 Å². The van der Waals surface area contributed by atoms with Crippen LogP contribution in [0.4, 0.5) is 0 Å². The van der Waals surface area contributed by atoms with Gasteiger partial charge in [-0.3, -0.25) is 4.79 Å². The average molecular weight is 511 g/mol. The summed E-state index contributed by atoms with van der Waals surface area (Å²) in [7, 11) is 0. The van der Waals surface area contributed by atoms with Crippen LogP contribution in [0, 0.1) is 24.2 Å². The molecule has 4 nitrogen and oxygen atoms in total. The molecule has 5 heteroatoms. The Bertz CT molecular complexity index is 1070. The van der Waals surface area contributed by atoms with E-state index in [4.69, 9.17) is 9.47 Å². The van der Waals surface area contributed by atoms with Crippen LogP contribution in [-0.2, 0) is 16.0 Å². The van der Waals surface area contributed by atoms with Crippen LogP contribution in [-0.4, -0.2) is 23.4 Å². The fourth-order valence-corrected chi connectivity index (χ4v) is 7.02. The lowest BCUT2D eigenvalue weighted by atomic mass is 9.55. The molecule has 3 aliphatic rings. The average Bonchev–Trinajstić information content (AvgIpc) is 3.16. The second kappa shape index (κ2) is 8.90. The second-order valence-corrected chi connectivity index (χ2v) is 10.8. The monoisotopic (exact) mass is 510 g/mol. The Hall–Kier alpha value is -2.14. The molecule has 0 aromatic heterocycles. The lowest BCUT2D eigenvalue weighted by Gasteiger charge is -2.50. The van der Waals surface area contributed by atoms with Crippen molar-refractivity contribution in [3.63, 3.8) is 0 Å². The minimum atomic E-state index is -0.309. The number of carbonyl (C=O) groups is 2. The van der Waals surface area contributed by atoms with Crippen molar-refractivity contribution in [3.05, 3.63) is 64.7 Å². The lowest BCUT2D eigenvalue weighted by molar-refractivity contribution is -0.154. The van der Waals surface area contributed by atoms with Gasteiger partial charge in [-0.15, -0.1) is 0 Å². The van der Waals surface area contributed by atoms with Crippen LogP contribution in [0.2, 0.25) is 0 Å². The van der Waals surface area contributed by atoms with Crippen molar-refractivity contribution in [1.29, 1.82) is 0 Å². The highest BCUT2D eigenvalue weighted by Crippen LogP contribution is 2.61. The second-order valence-electron chi connectivity index (χ2n) is 10.2. The zero-order chi connectivity index (χ0) is 23.2. The number of aryl methyl sites for hydroxylation is 2. The zero-order valence-corrected chi connectivity index (χ0v) is 20.9. The van der Waals surface area contributed by atoms with E-state index in [0.29, 0.717) is 29.1 Å². The molecule has 0 aliphatic heterocycles. The van der Waals surface area contributed by atoms with E-state index in [2.05, 4.69) is 35.0 Å². The lowest BCUT2D eigenvalue weighted by Crippen LogP contribution is -2.45. The number of carbonyl (C=O) groups excluding carboxylic acids is 2. The first kappa shape index (κ1) is 22.6. The molecule has 0 saturated heterocycles. The first-order chi connectivity index (χ1) is 15.9. The molecule has 0 unspecified atom stereocenters. The van der Waals surface area contributed by atoms with Gasteiger partial charge in [0.25, 0.3) is 0 Å². The third kappa shape index (κ3) is 4.03. The van der Waals surface area contributed by atoms with Crippen LogP contribution in [0.15, 0.2) is 42.5 Å². The third-order valence-corrected chi connectivity index (χ3v) is 8.99. The summed E-state index contributed by atoms with van der Waals surface area (Å²) in [5.41, 5.74) is 4.42. The molecule has 2 aromatic carbocycles. The predicted octanol–water partition coefficient (Wildman–Crippen LogP) is 6.38. The Morgan fingerprint density at radius 1 is 1.09 bits per heavy atom. The van der Waals surface area contributed by atoms with Gasteiger partial charge >= 0.3 is 11.9 Å². The molecule has 174 valence electrons. The van der Waals surface area contributed by atoms with E-state index in [0.717, 1.165) is 44.1 Å². The molecular formula is C28H31BrO4. The number of halogens is 1. The summed E-state index contributed by atoms with van der Waals surface area (Å²) in [6.07, 6.45) is 6.51. The first-order valence-corrected chi connectivity index (χ1v) is 13.2. The Labute approximate surface area is 204 Å². The molecule has 0 heterocycles. The Morgan fingerprint density at radius 2 is 1.88 bits per heavy atom. The van der Waals surface area contributed by atoms with Crippen LogP contribution in [0.1, 0.15) is 72.0 Å². The molecule has 33 heavy (non-hydrogen) atoms. The van der Waals surface area contributed by atoms with Crippen LogP contribution < -0.4 is 4.74 Å². The maximum atomic E-state index is 12.6. The summed E-state index contributed by atoms with van der Waals surface area (Å²) in [4.78, 5) is 24.6. The van der Waals surface area contributed by atoms with Crippen molar-refractivity contribution in [2.24, 2.45) is 17.3 Å². The minimum absolute atomic E-state index is 0.0383. The molecule has 2 saturated carbocycles. The van der Waals surface area contributed by atoms with Crippen molar-refractivity contribution < 1.29 is 19.1 Å². The first-order valence-electron chi connectivity index (χ1n) is 12.1. The number of hydrogen-bond donors (Lipinski definition) is 0. The summed E-state index contributed by atoms with van der Waals surface area (Å²) in [5.74, 6) is 1.97. The summed E-state index contributed by atoms with van der Waals surface area (Å²) in [6, 6.07) is 13.5. The van der Waals surface area contributed by atoms with Gasteiger partial charge in [0.05, 0.1) is 5.56 Å². The number of fused-ring (bicyclic) bond motifs is 5. The van der Waals surface area contributed by atoms with Gasteiger partial charge in [-0.2, -0.15) is 0 Å². The molecule has 0 spiro atoms. The van der Waals surface area contributed by atoms with Crippen LogP contribution in [0.5, 0.6) is 5.75 Å². The molecule has 5 rings (SSSR count). The van der Waals surface area contributed by atoms with Crippen LogP contribution >= 0.6 is 15.9 Å². The predicted molar refractivity (Wildman–Crippen MR) is 131 cm³/mol. The maximum Gasteiger partial charge on any atom is 0.343 e. The molecule has 0 bridgehead atoms. The standard InChI is InChI=1S/C28H31BrO4/c1-17-14-22-19(15-24(17)32-27(31)18-6-4-3-5-7-18)8-9-21-20(22)12-13-28(2)23(21)10-11-25(28)33-26(30)16-29/h3-7,14-15,20-21,23,25H,8-13,16H2,1-2H3/t20-,21+,23-,25-,28-/m0/s1. The molecule has 5 atom stereocenters. The Balaban J connectivity index is 1.37. The van der Waals surface area contributed by atoms with Crippen molar-refractivity contribution in [3.8, 4) is 5.75 Å². The topological polar surface area (TPSA) is 52.6 Å². The van der Waals surface area contributed by atoms with Gasteiger partial charge in [-0.1, -0.05) is 47.1 Å². The van der Waals surface area contributed by atoms with Crippen molar-refractivity contribution in [2.75, 3.05) is 5.33 Å². The van der Waals surface area contributed by atoms with Crippen molar-refractivity contribution in [2.45, 2.75) is 64.4 Å². The van der Waals surface area contributed by atoms with E-state index in [1.54, 1.807) is 12.1 Å². The normalized spacial score (nSPS) is 30.0. The fourth-order valence-electron chi connectivity index (χ4n) is 6.89. The molecule has 0 amide bonds. The van der Waals surface area contributed by atoms with E-state index in [1.165, 1.54) is 11.1 Å². The van der Waals surface area contributed by atoms with E-state index in [-0.39, 0.29) is 28.8 Å². The highest BCUT2D eigenvalue weighted by atomic mass is 79.9. The van der Waals surface area contributed by atoms with E-state index < -0.39 is 0 Å². The smallest absolute Gasteiger partial charge is 0.343 e. The molecule has 2 fully saturated rings. The Morgan fingerprint density at radius 3 is 2.64 bits per heavy atom. The summed E-state index contributed by atoms with van der Waals surface area (Å²) in [5, 5.41) is 0.264. The number of hydrogen-bond acceptors (Lipinski definition) is 4. The van der Waals surface area contributed by atoms with Gasteiger partial charge in [0.1, 0.15) is 17.2 Å². The van der Waals surface area contributed by atoms with Gasteiger partial charge in [-0.05, 0) is 98.1 Å². The van der Waals surface area contributed by atoms with Crippen LogP contribution in [0.25, 0.3) is 0 Å². The number of rotatable bonds is 4. The molecule has 0 N–H and O–H groups in total. The van der Waals surface area contributed by atoms with Gasteiger partial charge in [0.15, 0.2) is 0 Å². The van der Waals surface area contributed by atoms with E-state index >= 15 is 0 Å². The highest BCUT2D eigenvalue weighted by Gasteiger charge is 2.56. The third-order valence-electron chi connectivity index (χ3n) is 8.53. The minimum Gasteiger partial charge on any atom is -0.461 e. The quantitative estimate of drug-likeness (QED) is 0.272. The number of esters is 2. The van der Waals surface area contributed by atoms with Gasteiger partial charge in [0, 0.05) is 5.41 Å². The largest absolute Gasteiger partial charge is 0.461 e. The highest BCUT2D eigenvalue weighted by molar-refractivity contribution is 9.09. The SMILES string of the molecule is Cc1cc2c(cc1OC(=O)c1ccccc1)CC[C@@H]1[C@@H]2CC[C@]2(C)[C@@H](OC(=O)CBr)CC[C@@H]12. The zero-order valence-electron chi connectivity index (χ0n) is 19.3. The number of alkyl halides is 1. The van der Waals surface area contributed by atoms with Crippen molar-refractivity contribution in [1.82, 2.24) is 0 Å². The van der Waals surface area contributed by atoms with E-state index in [1.807, 2.05) is 25.1 Å². The Kier molecular flexibility index (Phi) is 6.11. The van der Waals surface area contributed by atoms with Crippen LogP contribution in [0.3, 0.4) is 0 Å². The number of ether oxygens (including phenoxy) is 2. The maximum absolute atomic E-state index is 12.6. The molecule has 0 radical (unpaired) electrons. The molecular weight excluding hydrogens is 480 g/mol. The molecule has 2 aromatic rings. The van der Waals surface area contributed by atoms with Gasteiger partial charge in [-0.25, -0.2) is 4.79 Å². The fraction of sp³-hybridized carbons (Fsp3) is 0.500. The van der Waals surface area contributed by atoms with Gasteiger partial charge < -0.3 is 9.47 Å². The summed E-state index contributed by atoms with van der Waals surface area (Å²) < 4.78 is 11.6. The summed E-state index contributed by atoms with van der Waals surface area (Å²) >= 11 is 3.24. The molecule has 3 aliphatic carbocycles. The summed E-state index contributed by atoms with van der Waals surface area (Å²) in [6.45, 7) is 4.38. The van der Waals surface area contributed by atoms with Crippen molar-refractivity contribution >= 4 is 27.9 Å². The number of benzene rings is 2.